The molecule has 436 valence electrons. The molecule has 29 heteroatoms. The minimum Gasteiger partial charge on any atom is -0.382 e. The normalized spacial score (nSPS) is 11.2. The lowest BCUT2D eigenvalue weighted by Gasteiger charge is -2.21. The summed E-state index contributed by atoms with van der Waals surface area (Å²) in [6.07, 6.45) is 7.99. The number of anilines is 2. The average molecular weight is 1290 g/mol. The largest absolute Gasteiger partial charge is 0.382 e. The average Bonchev–Trinajstić information content (AvgIpc) is 3.04. The number of amides is 1. The van der Waals surface area contributed by atoms with Crippen LogP contribution < -0.4 is 16.6 Å². The Morgan fingerprint density at radius 3 is 1.45 bits per heavy atom. The van der Waals surface area contributed by atoms with Gasteiger partial charge in [0, 0.05) is 46.5 Å². The number of halogens is 7. The lowest BCUT2D eigenvalue weighted by molar-refractivity contribution is -0.124. The lowest BCUT2D eigenvalue weighted by Crippen LogP contribution is -2.30. The number of aromatic amines is 1. The molecule has 3 aromatic carbocycles. The monoisotopic (exact) mass is 1290 g/mol. The molecule has 9 aromatic heterocycles. The third kappa shape index (κ3) is 13.6. The molecule has 4 N–H and O–H groups in total. The van der Waals surface area contributed by atoms with E-state index in [-0.39, 0.29) is 75.8 Å². The predicted molar refractivity (Wildman–Crippen MR) is 315 cm³/mol. The highest BCUT2D eigenvalue weighted by Crippen LogP contribution is 2.31. The van der Waals surface area contributed by atoms with E-state index in [1.165, 1.54) is 47.9 Å². The summed E-state index contributed by atoms with van der Waals surface area (Å²) >= 11 is 21.0. The number of nitrogens with zero attached hydrogens (tertiary/aromatic N) is 14. The molecule has 12 rings (SSSR count). The van der Waals surface area contributed by atoms with E-state index in [0.29, 0.717) is 90.3 Å². The van der Waals surface area contributed by atoms with Crippen LogP contribution >= 0.6 is 50.7 Å². The fraction of sp³-hybridized carbons (Fsp3) is 0.140. The Hall–Kier alpha value is -9.63. The maximum atomic E-state index is 14.2. The van der Waals surface area contributed by atoms with Gasteiger partial charge in [0.1, 0.15) is 86.3 Å². The zero-order valence-corrected chi connectivity index (χ0v) is 49.0. The zero-order valence-electron chi connectivity index (χ0n) is 45.1. The number of hydrogen-bond donors (Lipinski definition) is 3. The maximum Gasteiger partial charge on any atom is 0.271 e. The standard InChI is InChI=1S/C23H24FN7O2.C17H10BrClFN5O.C17H10Cl2FN5O2/c1-4-23(2,3)22(32)27-18-12-26-21(28-20(18)25)17-11-19(16-9-10-33-30-16)31(29-17)13-14-7-5-6-8-15(14)24;18-11-8-21-17(22-16(11)19)14-7-15(13-5-6-26-24-13)25(23-14)9-10-3-1-2-4-12(10)20;18-14-15(19)21-16(22-17(14)26)12-7-13(11-5-6-27-24-11)25(23-12)8-9-3-1-2-4-10(9)20/h5-12H,4,13H2,1-3H3,(H,27,32)(H2,25,26,28);1-8H,9H2;1-7H,8H2,(H,21,22,26). The Kier molecular flexibility index (Phi) is 18.1. The quantitative estimate of drug-likeness (QED) is 0.0804. The number of aromatic nitrogens is 15. The Morgan fingerprint density at radius 1 is 0.616 bits per heavy atom. The molecule has 12 aromatic rings. The number of nitrogens with two attached hydrogens (primary N) is 1. The van der Waals surface area contributed by atoms with E-state index >= 15 is 0 Å². The first-order valence-electron chi connectivity index (χ1n) is 25.7. The molecular formula is C57H44BrCl3F3N17O5. The van der Waals surface area contributed by atoms with Crippen molar-refractivity contribution in [2.45, 2.75) is 46.8 Å². The topological polar surface area (TPSA) is 284 Å². The summed E-state index contributed by atoms with van der Waals surface area (Å²) in [5.74, 6) is -0.307. The van der Waals surface area contributed by atoms with Crippen molar-refractivity contribution in [3.05, 3.63) is 205 Å². The molecule has 86 heavy (non-hydrogen) atoms. The molecule has 0 fully saturated rings. The molecule has 9 heterocycles. The number of carbonyl (C=O) groups is 1. The van der Waals surface area contributed by atoms with Crippen LogP contribution in [0.3, 0.4) is 0 Å². The highest BCUT2D eigenvalue weighted by Gasteiger charge is 2.27. The molecule has 0 radical (unpaired) electrons. The number of H-pyrrole nitrogens is 1. The summed E-state index contributed by atoms with van der Waals surface area (Å²) in [4.78, 5) is 48.0. The van der Waals surface area contributed by atoms with Crippen LogP contribution in [0, 0.1) is 22.9 Å². The van der Waals surface area contributed by atoms with Crippen LogP contribution in [0.5, 0.6) is 0 Å². The Balaban J connectivity index is 0.000000144. The Labute approximate surface area is 508 Å². The van der Waals surface area contributed by atoms with E-state index in [1.807, 2.05) is 20.8 Å². The second kappa shape index (κ2) is 26.1. The van der Waals surface area contributed by atoms with E-state index in [0.717, 1.165) is 0 Å². The van der Waals surface area contributed by atoms with Crippen molar-refractivity contribution >= 4 is 68.1 Å². The van der Waals surface area contributed by atoms with Gasteiger partial charge >= 0.3 is 0 Å². The highest BCUT2D eigenvalue weighted by atomic mass is 79.9. The van der Waals surface area contributed by atoms with Crippen molar-refractivity contribution in [1.82, 2.24) is 74.7 Å². The molecule has 0 spiro atoms. The smallest absolute Gasteiger partial charge is 0.271 e. The molecular weight excluding hydrogens is 1250 g/mol. The summed E-state index contributed by atoms with van der Waals surface area (Å²) < 4.78 is 62.5. The van der Waals surface area contributed by atoms with Gasteiger partial charge < -0.3 is 29.6 Å². The van der Waals surface area contributed by atoms with Crippen LogP contribution in [0.1, 0.15) is 43.9 Å². The Morgan fingerprint density at radius 2 is 1.05 bits per heavy atom. The van der Waals surface area contributed by atoms with Gasteiger partial charge in [-0.05, 0) is 58.7 Å². The van der Waals surface area contributed by atoms with Gasteiger partial charge in [-0.15, -0.1) is 0 Å². The molecule has 1 amide bonds. The third-order valence-corrected chi connectivity index (χ3v) is 14.9. The summed E-state index contributed by atoms with van der Waals surface area (Å²) in [5, 5.41) is 28.0. The van der Waals surface area contributed by atoms with E-state index in [1.54, 1.807) is 107 Å². The molecule has 0 bridgehead atoms. The van der Waals surface area contributed by atoms with Crippen LogP contribution in [0.15, 0.2) is 163 Å². The molecule has 22 nitrogen and oxygen atoms in total. The second-order valence-electron chi connectivity index (χ2n) is 19.2. The minimum atomic E-state index is -0.585. The van der Waals surface area contributed by atoms with Gasteiger partial charge in [-0.25, -0.2) is 38.1 Å². The van der Waals surface area contributed by atoms with Crippen LogP contribution in [0.4, 0.5) is 24.7 Å². The minimum absolute atomic E-state index is 0.117. The molecule has 0 saturated heterocycles. The van der Waals surface area contributed by atoms with Gasteiger partial charge in [-0.3, -0.25) is 23.6 Å². The van der Waals surface area contributed by atoms with E-state index in [9.17, 15) is 22.8 Å². The zero-order chi connectivity index (χ0) is 60.6. The van der Waals surface area contributed by atoms with Crippen LogP contribution in [-0.4, -0.2) is 80.6 Å². The molecule has 0 aliphatic heterocycles. The maximum absolute atomic E-state index is 14.2. The van der Waals surface area contributed by atoms with Gasteiger partial charge in [-0.2, -0.15) is 15.3 Å². The SMILES string of the molecule is CCC(C)(C)C(=O)Nc1cnc(-c2cc(-c3ccon3)n(Cc3ccccc3F)n2)nc1N.Fc1ccccc1Cn1nc(-c2ncc(Br)c(Cl)n2)cc1-c1ccon1.O=c1[nH]c(-c2cc(-c3ccon3)n(Cc3ccccc3F)n2)nc(Cl)c1Cl. The van der Waals surface area contributed by atoms with Crippen molar-refractivity contribution in [2.24, 2.45) is 5.41 Å². The molecule has 0 atom stereocenters. The molecule has 0 unspecified atom stereocenters. The van der Waals surface area contributed by atoms with Crippen molar-refractivity contribution < 1.29 is 31.5 Å². The van der Waals surface area contributed by atoms with Crippen molar-refractivity contribution in [3.63, 3.8) is 0 Å². The number of carbonyl (C=O) groups excluding carboxylic acids is 1. The summed E-state index contributed by atoms with van der Waals surface area (Å²) in [7, 11) is 0. The second-order valence-corrected chi connectivity index (χ2v) is 21.1. The number of nitrogens with one attached hydrogen (secondary N) is 2. The number of rotatable bonds is 15. The first kappa shape index (κ1) is 59.5. The van der Waals surface area contributed by atoms with Gasteiger partial charge in [0.2, 0.25) is 5.91 Å². The first-order valence-corrected chi connectivity index (χ1v) is 27.6. The van der Waals surface area contributed by atoms with Crippen molar-refractivity contribution in [2.75, 3.05) is 11.1 Å². The van der Waals surface area contributed by atoms with Gasteiger partial charge in [0.15, 0.2) is 28.4 Å². The van der Waals surface area contributed by atoms with Gasteiger partial charge in [-0.1, -0.05) is 126 Å². The summed E-state index contributed by atoms with van der Waals surface area (Å²) in [6, 6.07) is 29.5. The number of benzene rings is 3. The fourth-order valence-corrected chi connectivity index (χ4v) is 8.63. The van der Waals surface area contributed by atoms with Crippen molar-refractivity contribution in [3.8, 4) is 68.7 Å². The van der Waals surface area contributed by atoms with Crippen LogP contribution in [-0.2, 0) is 24.4 Å². The van der Waals surface area contributed by atoms with Gasteiger partial charge in [0.05, 0.1) is 47.4 Å². The van der Waals surface area contributed by atoms with Crippen molar-refractivity contribution in [1.29, 1.82) is 0 Å². The van der Waals surface area contributed by atoms with Crippen LogP contribution in [0.2, 0.25) is 15.3 Å². The summed E-state index contributed by atoms with van der Waals surface area (Å²) in [6.45, 7) is 6.17. The number of hydrogen-bond acceptors (Lipinski definition) is 17. The van der Waals surface area contributed by atoms with E-state index < -0.39 is 11.0 Å². The number of nitrogen functional groups attached to an aromatic ring is 1. The van der Waals surface area contributed by atoms with E-state index in [2.05, 4.69) is 81.9 Å². The van der Waals surface area contributed by atoms with Crippen LogP contribution in [0.25, 0.3) is 68.7 Å². The highest BCUT2D eigenvalue weighted by molar-refractivity contribution is 9.10. The Bertz CT molecular complexity index is 4400. The molecule has 0 aliphatic carbocycles. The predicted octanol–water partition coefficient (Wildman–Crippen LogP) is 12.5. The summed E-state index contributed by atoms with van der Waals surface area (Å²) in [5.41, 5.74) is 11.3. The molecule has 0 aliphatic rings. The first-order chi connectivity index (χ1) is 41.4. The third-order valence-electron chi connectivity index (χ3n) is 13.1. The van der Waals surface area contributed by atoms with Gasteiger partial charge in [0.25, 0.3) is 5.56 Å². The molecule has 0 saturated carbocycles. The van der Waals surface area contributed by atoms with E-state index in [4.69, 9.17) is 54.1 Å². The fourth-order valence-electron chi connectivity index (χ4n) is 8.05. The lowest BCUT2D eigenvalue weighted by atomic mass is 9.89.